The average molecular weight is 220 g/mol. The third-order valence-electron chi connectivity index (χ3n) is 3.38. The first-order valence-corrected chi connectivity index (χ1v) is 5.53. The number of rotatable bonds is 2. The van der Waals surface area contributed by atoms with Crippen LogP contribution in [-0.2, 0) is 0 Å². The Bertz CT molecular complexity index is 532. The van der Waals surface area contributed by atoms with Crippen LogP contribution in [0.2, 0.25) is 0 Å². The molecule has 0 bridgehead atoms. The van der Waals surface area contributed by atoms with Gasteiger partial charge in [0.05, 0.1) is 0 Å². The largest absolute Gasteiger partial charge is 0.455 e. The van der Waals surface area contributed by atoms with Crippen molar-refractivity contribution < 1.29 is 13.9 Å². The van der Waals surface area contributed by atoms with Gasteiger partial charge in [-0.3, -0.25) is 0 Å². The highest BCUT2D eigenvalue weighted by molar-refractivity contribution is 5.78. The summed E-state index contributed by atoms with van der Waals surface area (Å²) in [6.45, 7) is 2.09. The second-order valence-electron chi connectivity index (χ2n) is 4.63. The van der Waals surface area contributed by atoms with Gasteiger partial charge in [0.25, 0.3) is 0 Å². The smallest absolute Gasteiger partial charge is 0.170 e. The van der Waals surface area contributed by atoms with E-state index in [2.05, 4.69) is 6.92 Å². The topological polar surface area (TPSA) is 33.4 Å². The number of aliphatic hydroxyl groups excluding tert-OH is 1. The third-order valence-corrected chi connectivity index (χ3v) is 3.38. The van der Waals surface area contributed by atoms with Crippen LogP contribution >= 0.6 is 0 Å². The van der Waals surface area contributed by atoms with E-state index in [9.17, 15) is 9.50 Å². The molecule has 0 aliphatic heterocycles. The molecule has 3 heteroatoms. The van der Waals surface area contributed by atoms with Gasteiger partial charge in [0.2, 0.25) is 0 Å². The molecule has 1 aromatic heterocycles. The van der Waals surface area contributed by atoms with Crippen molar-refractivity contribution in [3.63, 3.8) is 0 Å². The lowest BCUT2D eigenvalue weighted by Crippen LogP contribution is -1.98. The molecular weight excluding hydrogens is 207 g/mol. The molecule has 16 heavy (non-hydrogen) atoms. The Labute approximate surface area is 92.7 Å². The highest BCUT2D eigenvalue weighted by Gasteiger charge is 2.40. The molecule has 1 N–H and O–H groups in total. The van der Waals surface area contributed by atoms with E-state index in [4.69, 9.17) is 4.42 Å². The Hall–Kier alpha value is -1.35. The summed E-state index contributed by atoms with van der Waals surface area (Å²) < 4.78 is 18.8. The van der Waals surface area contributed by atoms with E-state index in [1.54, 1.807) is 18.2 Å². The van der Waals surface area contributed by atoms with Gasteiger partial charge in [-0.1, -0.05) is 19.1 Å². The van der Waals surface area contributed by atoms with Crippen LogP contribution in [-0.4, -0.2) is 5.11 Å². The molecule has 3 unspecified atom stereocenters. The lowest BCUT2D eigenvalue weighted by Gasteiger charge is -2.04. The zero-order valence-electron chi connectivity index (χ0n) is 8.98. The van der Waals surface area contributed by atoms with Crippen molar-refractivity contribution in [3.05, 3.63) is 35.8 Å². The lowest BCUT2D eigenvalue weighted by molar-refractivity contribution is 0.124. The normalized spacial score (nSPS) is 25.9. The van der Waals surface area contributed by atoms with E-state index in [0.717, 1.165) is 6.42 Å². The molecule has 1 heterocycles. The second kappa shape index (κ2) is 3.32. The van der Waals surface area contributed by atoms with E-state index in [0.29, 0.717) is 17.1 Å². The number of para-hydroxylation sites is 1. The number of furan rings is 1. The summed E-state index contributed by atoms with van der Waals surface area (Å²) in [6.07, 6.45) is 0.419. The maximum atomic E-state index is 13.4. The summed E-state index contributed by atoms with van der Waals surface area (Å²) in [6, 6.07) is 6.52. The molecule has 1 aliphatic rings. The van der Waals surface area contributed by atoms with Crippen molar-refractivity contribution in [3.8, 4) is 0 Å². The fourth-order valence-corrected chi connectivity index (χ4v) is 2.20. The van der Waals surface area contributed by atoms with E-state index in [1.165, 1.54) is 6.07 Å². The molecule has 0 radical (unpaired) electrons. The van der Waals surface area contributed by atoms with Crippen molar-refractivity contribution in [2.45, 2.75) is 19.4 Å². The van der Waals surface area contributed by atoms with Gasteiger partial charge in [0.15, 0.2) is 11.4 Å². The minimum absolute atomic E-state index is 0.241. The number of benzene rings is 1. The van der Waals surface area contributed by atoms with Crippen LogP contribution in [0.5, 0.6) is 0 Å². The quantitative estimate of drug-likeness (QED) is 0.842. The maximum absolute atomic E-state index is 13.4. The van der Waals surface area contributed by atoms with Gasteiger partial charge < -0.3 is 9.52 Å². The van der Waals surface area contributed by atoms with E-state index in [1.807, 2.05) is 0 Å². The molecule has 1 saturated carbocycles. The minimum atomic E-state index is -0.596. The summed E-state index contributed by atoms with van der Waals surface area (Å²) in [4.78, 5) is 0. The molecule has 0 amide bonds. The number of hydrogen-bond acceptors (Lipinski definition) is 2. The van der Waals surface area contributed by atoms with Crippen molar-refractivity contribution in [2.75, 3.05) is 0 Å². The van der Waals surface area contributed by atoms with Crippen molar-refractivity contribution in [1.29, 1.82) is 0 Å². The summed E-state index contributed by atoms with van der Waals surface area (Å²) in [5.74, 6) is 0.908. The molecule has 2 aromatic rings. The second-order valence-corrected chi connectivity index (χ2v) is 4.63. The van der Waals surface area contributed by atoms with Crippen LogP contribution in [0, 0.1) is 17.7 Å². The van der Waals surface area contributed by atoms with Crippen LogP contribution in [0.4, 0.5) is 4.39 Å². The molecule has 3 rings (SSSR count). The first kappa shape index (κ1) is 9.85. The third kappa shape index (κ3) is 1.43. The van der Waals surface area contributed by atoms with Crippen molar-refractivity contribution in [2.24, 2.45) is 11.8 Å². The van der Waals surface area contributed by atoms with Gasteiger partial charge in [-0.15, -0.1) is 0 Å². The molecule has 0 saturated heterocycles. The molecule has 1 aliphatic carbocycles. The van der Waals surface area contributed by atoms with Crippen molar-refractivity contribution >= 4 is 11.0 Å². The zero-order chi connectivity index (χ0) is 11.3. The fraction of sp³-hybridized carbons (Fsp3) is 0.385. The van der Waals surface area contributed by atoms with E-state index >= 15 is 0 Å². The van der Waals surface area contributed by atoms with Gasteiger partial charge in [0, 0.05) is 5.39 Å². The van der Waals surface area contributed by atoms with Crippen molar-refractivity contribution in [1.82, 2.24) is 0 Å². The molecule has 84 valence electrons. The minimum Gasteiger partial charge on any atom is -0.455 e. The SMILES string of the molecule is CC1CC1C(O)c1cc2cccc(F)c2o1. The van der Waals surface area contributed by atoms with Crippen LogP contribution in [0.15, 0.2) is 28.7 Å². The number of hydrogen-bond donors (Lipinski definition) is 1. The Morgan fingerprint density at radius 1 is 1.50 bits per heavy atom. The highest BCUT2D eigenvalue weighted by Crippen LogP contribution is 2.47. The fourth-order valence-electron chi connectivity index (χ4n) is 2.20. The van der Waals surface area contributed by atoms with Gasteiger partial charge in [-0.25, -0.2) is 4.39 Å². The molecule has 1 fully saturated rings. The molecular formula is C13H13FO2. The van der Waals surface area contributed by atoms with Crippen LogP contribution in [0.3, 0.4) is 0 Å². The average Bonchev–Trinajstić information content (AvgIpc) is 2.81. The van der Waals surface area contributed by atoms with Crippen LogP contribution in [0.25, 0.3) is 11.0 Å². The number of fused-ring (bicyclic) bond motifs is 1. The predicted octanol–water partition coefficient (Wildman–Crippen LogP) is 3.26. The number of aliphatic hydroxyl groups is 1. The number of halogens is 1. The maximum Gasteiger partial charge on any atom is 0.170 e. The lowest BCUT2D eigenvalue weighted by atomic mass is 10.1. The Balaban J connectivity index is 2.02. The predicted molar refractivity (Wildman–Crippen MR) is 58.4 cm³/mol. The van der Waals surface area contributed by atoms with E-state index < -0.39 is 6.10 Å². The Morgan fingerprint density at radius 2 is 2.25 bits per heavy atom. The summed E-state index contributed by atoms with van der Waals surface area (Å²) in [7, 11) is 0. The Morgan fingerprint density at radius 3 is 2.88 bits per heavy atom. The summed E-state index contributed by atoms with van der Waals surface area (Å²) >= 11 is 0. The first-order valence-electron chi connectivity index (χ1n) is 5.53. The van der Waals surface area contributed by atoms with Crippen LogP contribution in [0.1, 0.15) is 25.2 Å². The molecule has 0 spiro atoms. The van der Waals surface area contributed by atoms with Gasteiger partial charge in [-0.2, -0.15) is 0 Å². The Kier molecular flexibility index (Phi) is 2.04. The van der Waals surface area contributed by atoms with Gasteiger partial charge >= 0.3 is 0 Å². The summed E-state index contributed by atoms with van der Waals surface area (Å²) in [5.41, 5.74) is 0.241. The monoisotopic (exact) mass is 220 g/mol. The van der Waals surface area contributed by atoms with E-state index in [-0.39, 0.29) is 17.3 Å². The van der Waals surface area contributed by atoms with Gasteiger partial charge in [0.1, 0.15) is 11.9 Å². The molecule has 3 atom stereocenters. The van der Waals surface area contributed by atoms with Crippen LogP contribution < -0.4 is 0 Å². The summed E-state index contributed by atoms with van der Waals surface area (Å²) in [5, 5.41) is 10.7. The standard InChI is InChI=1S/C13H13FO2/c1-7-5-9(7)12(15)11-6-8-3-2-4-10(14)13(8)16-11/h2-4,6-7,9,12,15H,5H2,1H3. The van der Waals surface area contributed by atoms with Gasteiger partial charge in [-0.05, 0) is 30.4 Å². The first-order chi connectivity index (χ1) is 7.66. The highest BCUT2D eigenvalue weighted by atomic mass is 19.1. The zero-order valence-corrected chi connectivity index (χ0v) is 8.98. The molecule has 1 aromatic carbocycles. The molecule has 2 nitrogen and oxygen atoms in total.